The summed E-state index contributed by atoms with van der Waals surface area (Å²) in [5.41, 5.74) is 2.68. The Labute approximate surface area is 179 Å². The smallest absolute Gasteiger partial charge is 0.197 e. The molecule has 1 saturated carbocycles. The van der Waals surface area contributed by atoms with E-state index in [-0.39, 0.29) is 22.9 Å². The van der Waals surface area contributed by atoms with Gasteiger partial charge in [0, 0.05) is 45.0 Å². The lowest BCUT2D eigenvalue weighted by atomic mass is 10.1. The molecule has 0 spiro atoms. The Balaban J connectivity index is 1.35. The number of anilines is 1. The summed E-state index contributed by atoms with van der Waals surface area (Å²) in [6.07, 6.45) is 8.98. The average molecular weight is 426 g/mol. The highest BCUT2D eigenvalue weighted by molar-refractivity contribution is 6.31. The van der Waals surface area contributed by atoms with Crippen molar-refractivity contribution in [2.75, 3.05) is 25.1 Å². The monoisotopic (exact) mass is 425 g/mol. The number of hydrogen-bond donors (Lipinski definition) is 0. The van der Waals surface area contributed by atoms with E-state index in [1.807, 2.05) is 23.4 Å². The van der Waals surface area contributed by atoms with Gasteiger partial charge in [-0.1, -0.05) is 11.6 Å². The third kappa shape index (κ3) is 3.63. The summed E-state index contributed by atoms with van der Waals surface area (Å²) < 4.78 is 20.1. The van der Waals surface area contributed by atoms with Crippen molar-refractivity contribution in [3.8, 4) is 11.6 Å². The van der Waals surface area contributed by atoms with Crippen LogP contribution in [0, 0.1) is 5.82 Å². The zero-order chi connectivity index (χ0) is 20.7. The predicted molar refractivity (Wildman–Crippen MR) is 112 cm³/mol. The third-order valence-corrected chi connectivity index (χ3v) is 6.21. The maximum absolute atomic E-state index is 14.7. The molecule has 0 bridgehead atoms. The molecule has 1 aliphatic carbocycles. The van der Waals surface area contributed by atoms with Gasteiger partial charge in [0.15, 0.2) is 17.5 Å². The Morgan fingerprint density at radius 3 is 2.43 bits per heavy atom. The molecule has 2 fully saturated rings. The highest BCUT2D eigenvalue weighted by Crippen LogP contribution is 2.55. The molecule has 1 aromatic carbocycles. The van der Waals surface area contributed by atoms with Gasteiger partial charge >= 0.3 is 0 Å². The molecular weight excluding hydrogens is 405 g/mol. The van der Waals surface area contributed by atoms with Crippen LogP contribution in [0.3, 0.4) is 0 Å². The molecule has 8 heteroatoms. The second kappa shape index (κ2) is 7.89. The van der Waals surface area contributed by atoms with Gasteiger partial charge in [-0.15, -0.1) is 0 Å². The zero-order valence-corrected chi connectivity index (χ0v) is 17.3. The molecule has 1 aliphatic heterocycles. The minimum Gasteiger partial charge on any atom is -0.380 e. The van der Waals surface area contributed by atoms with Crippen LogP contribution in [0.25, 0.3) is 11.6 Å². The van der Waals surface area contributed by atoms with Crippen molar-refractivity contribution in [1.29, 1.82) is 0 Å². The fourth-order valence-corrected chi connectivity index (χ4v) is 4.39. The van der Waals surface area contributed by atoms with Crippen LogP contribution < -0.4 is 4.90 Å². The fraction of sp³-hybridized carbons (Fsp3) is 0.364. The van der Waals surface area contributed by atoms with E-state index >= 15 is 0 Å². The van der Waals surface area contributed by atoms with Crippen LogP contribution in [0.4, 0.5) is 10.1 Å². The highest BCUT2D eigenvalue weighted by Gasteiger charge is 2.41. The third-order valence-electron chi connectivity index (χ3n) is 5.93. The van der Waals surface area contributed by atoms with Gasteiger partial charge in [-0.25, -0.2) is 24.3 Å². The Morgan fingerprint density at radius 2 is 1.73 bits per heavy atom. The van der Waals surface area contributed by atoms with Crippen molar-refractivity contribution < 1.29 is 9.13 Å². The van der Waals surface area contributed by atoms with Crippen LogP contribution in [0.5, 0.6) is 0 Å². The maximum atomic E-state index is 14.7. The standard InChI is InChI=1S/C22H21ClFN5O/c1-30-15-3-6-29(12-15)19-8-13(7-18(23)20(19)24)16-9-17(16)14-10-27-22(28-11-14)21-25-4-2-5-26-21/h2,4-5,7-8,10-11,15-17H,3,6,9,12H2,1H3/t15-,16+,17-/m0/s1. The van der Waals surface area contributed by atoms with Crippen LogP contribution in [0.1, 0.15) is 35.8 Å². The van der Waals surface area contributed by atoms with Gasteiger partial charge in [-0.3, -0.25) is 0 Å². The van der Waals surface area contributed by atoms with Gasteiger partial charge < -0.3 is 9.64 Å². The summed E-state index contributed by atoms with van der Waals surface area (Å²) in [6.45, 7) is 1.44. The Hall–Kier alpha value is -2.64. The van der Waals surface area contributed by atoms with Crippen molar-refractivity contribution in [2.45, 2.75) is 30.8 Å². The normalized spacial score (nSPS) is 23.0. The van der Waals surface area contributed by atoms with Gasteiger partial charge in [0.2, 0.25) is 0 Å². The van der Waals surface area contributed by atoms with Crippen molar-refractivity contribution in [3.05, 3.63) is 65.0 Å². The molecule has 0 amide bonds. The number of ether oxygens (including phenoxy) is 1. The first-order chi connectivity index (χ1) is 14.6. The van der Waals surface area contributed by atoms with Crippen molar-refractivity contribution >= 4 is 17.3 Å². The fourth-order valence-electron chi connectivity index (χ4n) is 4.17. The first-order valence-corrected chi connectivity index (χ1v) is 10.4. The number of benzene rings is 1. The van der Waals surface area contributed by atoms with Crippen LogP contribution in [-0.4, -0.2) is 46.2 Å². The van der Waals surface area contributed by atoms with Crippen molar-refractivity contribution in [2.24, 2.45) is 0 Å². The number of rotatable bonds is 5. The van der Waals surface area contributed by atoms with Gasteiger partial charge in [0.25, 0.3) is 0 Å². The Morgan fingerprint density at radius 1 is 1.03 bits per heavy atom. The van der Waals surface area contributed by atoms with Gasteiger partial charge in [-0.05, 0) is 54.0 Å². The van der Waals surface area contributed by atoms with Crippen molar-refractivity contribution in [1.82, 2.24) is 19.9 Å². The largest absolute Gasteiger partial charge is 0.380 e. The molecule has 6 nitrogen and oxygen atoms in total. The first kappa shape index (κ1) is 19.3. The quantitative estimate of drug-likeness (QED) is 0.609. The van der Waals surface area contributed by atoms with E-state index in [0.717, 1.165) is 30.5 Å². The molecule has 2 aromatic heterocycles. The SMILES string of the molecule is CO[C@H]1CCN(c2cc([C@H]3C[C@H]3c3cnc(-c4ncccn4)nc3)cc(Cl)c2F)C1. The molecule has 0 N–H and O–H groups in total. The van der Waals surface area contributed by atoms with Gasteiger partial charge in [-0.2, -0.15) is 0 Å². The van der Waals surface area contributed by atoms with Crippen LogP contribution >= 0.6 is 11.6 Å². The van der Waals surface area contributed by atoms with E-state index in [2.05, 4.69) is 19.9 Å². The Kier molecular flexibility index (Phi) is 5.08. The van der Waals surface area contributed by atoms with E-state index in [0.29, 0.717) is 29.8 Å². The number of aromatic nitrogens is 4. The molecule has 3 heterocycles. The first-order valence-electron chi connectivity index (χ1n) is 10.00. The van der Waals surface area contributed by atoms with Gasteiger partial charge in [0.1, 0.15) is 0 Å². The molecule has 3 aromatic rings. The van der Waals surface area contributed by atoms with Gasteiger partial charge in [0.05, 0.1) is 16.8 Å². The molecule has 1 saturated heterocycles. The summed E-state index contributed by atoms with van der Waals surface area (Å²) in [7, 11) is 1.69. The molecule has 30 heavy (non-hydrogen) atoms. The zero-order valence-electron chi connectivity index (χ0n) is 16.5. The predicted octanol–water partition coefficient (Wildman–Crippen LogP) is 4.22. The lowest BCUT2D eigenvalue weighted by molar-refractivity contribution is 0.121. The Bertz CT molecular complexity index is 1050. The number of hydrogen-bond acceptors (Lipinski definition) is 6. The molecular formula is C22H21ClFN5O. The average Bonchev–Trinajstić information content (AvgIpc) is 3.45. The molecule has 154 valence electrons. The molecule has 3 atom stereocenters. The minimum atomic E-state index is -0.357. The van der Waals surface area contributed by atoms with E-state index < -0.39 is 0 Å². The second-order valence-electron chi connectivity index (χ2n) is 7.79. The lowest BCUT2D eigenvalue weighted by Crippen LogP contribution is -2.23. The van der Waals surface area contributed by atoms with Crippen LogP contribution in [0.2, 0.25) is 5.02 Å². The summed E-state index contributed by atoms with van der Waals surface area (Å²) >= 11 is 6.25. The molecule has 0 unspecified atom stereocenters. The summed E-state index contributed by atoms with van der Waals surface area (Å²) in [5.74, 6) is 1.24. The molecule has 0 radical (unpaired) electrons. The van der Waals surface area contributed by atoms with E-state index in [1.165, 1.54) is 0 Å². The maximum Gasteiger partial charge on any atom is 0.197 e. The van der Waals surface area contributed by atoms with Crippen LogP contribution in [0.15, 0.2) is 43.0 Å². The lowest BCUT2D eigenvalue weighted by Gasteiger charge is -2.21. The van der Waals surface area contributed by atoms with E-state index in [9.17, 15) is 4.39 Å². The van der Waals surface area contributed by atoms with Crippen LogP contribution in [-0.2, 0) is 4.74 Å². The second-order valence-corrected chi connectivity index (χ2v) is 8.20. The number of nitrogens with zero attached hydrogens (tertiary/aromatic N) is 5. The number of methoxy groups -OCH3 is 1. The molecule has 2 aliphatic rings. The topological polar surface area (TPSA) is 64.0 Å². The van der Waals surface area contributed by atoms with E-state index in [4.69, 9.17) is 16.3 Å². The molecule has 5 rings (SSSR count). The summed E-state index contributed by atoms with van der Waals surface area (Å²) in [5, 5.41) is 0.168. The summed E-state index contributed by atoms with van der Waals surface area (Å²) in [6, 6.07) is 5.45. The highest BCUT2D eigenvalue weighted by atomic mass is 35.5. The van der Waals surface area contributed by atoms with E-state index in [1.54, 1.807) is 31.6 Å². The number of halogens is 2. The minimum absolute atomic E-state index is 0.129. The summed E-state index contributed by atoms with van der Waals surface area (Å²) in [4.78, 5) is 19.2. The van der Waals surface area contributed by atoms with Crippen molar-refractivity contribution in [3.63, 3.8) is 0 Å².